The summed E-state index contributed by atoms with van der Waals surface area (Å²) in [6.07, 6.45) is 1.56. The third kappa shape index (κ3) is 5.04. The minimum absolute atomic E-state index is 0.178. The number of carbonyl (C=O) groups excluding carboxylic acids is 3. The first-order valence-electron chi connectivity index (χ1n) is 9.76. The molecular weight excluding hydrogens is 372 g/mol. The fraction of sp³-hybridized carbons (Fsp3) is 0.409. The molecule has 1 unspecified atom stereocenters. The number of amides is 2. The molecule has 1 atom stereocenters. The first-order valence-corrected chi connectivity index (χ1v) is 9.76. The number of rotatable bonds is 5. The fourth-order valence-electron chi connectivity index (χ4n) is 3.30. The monoisotopic (exact) mass is 398 g/mol. The maximum atomic E-state index is 12.5. The number of nitrogens with one attached hydrogen (secondary N) is 1. The SMILES string of the molecule is Cc1ccc(C)c(NC(=O)C(C)OC(=O)C2CCN(C(=O)c3ccco3)CC2)c1. The minimum atomic E-state index is -0.898. The maximum absolute atomic E-state index is 12.5. The molecule has 7 heteroatoms. The van der Waals surface area contributed by atoms with Crippen molar-refractivity contribution in [2.24, 2.45) is 5.92 Å². The van der Waals surface area contributed by atoms with E-state index in [-0.39, 0.29) is 17.7 Å². The molecule has 29 heavy (non-hydrogen) atoms. The molecule has 3 rings (SSSR count). The Morgan fingerprint density at radius 2 is 1.90 bits per heavy atom. The zero-order chi connectivity index (χ0) is 21.0. The summed E-state index contributed by atoms with van der Waals surface area (Å²) in [6, 6.07) is 9.07. The number of carbonyl (C=O) groups is 3. The highest BCUT2D eigenvalue weighted by molar-refractivity contribution is 5.96. The van der Waals surface area contributed by atoms with E-state index in [0.29, 0.717) is 37.4 Å². The molecule has 1 aromatic heterocycles. The van der Waals surface area contributed by atoms with Crippen molar-refractivity contribution >= 4 is 23.5 Å². The standard InChI is InChI=1S/C22H26N2O5/c1-14-6-7-15(2)18(13-14)23-20(25)16(3)29-22(27)17-8-10-24(11-9-17)21(26)19-5-4-12-28-19/h4-7,12-13,16-17H,8-11H2,1-3H3,(H,23,25). The molecule has 2 amide bonds. The summed E-state index contributed by atoms with van der Waals surface area (Å²) in [5.41, 5.74) is 2.69. The van der Waals surface area contributed by atoms with Gasteiger partial charge in [-0.3, -0.25) is 14.4 Å². The van der Waals surface area contributed by atoms with Crippen LogP contribution in [0.25, 0.3) is 0 Å². The summed E-state index contributed by atoms with van der Waals surface area (Å²) in [7, 11) is 0. The van der Waals surface area contributed by atoms with Gasteiger partial charge in [0.05, 0.1) is 12.2 Å². The van der Waals surface area contributed by atoms with E-state index in [2.05, 4.69) is 5.32 Å². The highest BCUT2D eigenvalue weighted by Gasteiger charge is 2.31. The van der Waals surface area contributed by atoms with Gasteiger partial charge in [0.1, 0.15) is 0 Å². The third-order valence-electron chi connectivity index (χ3n) is 5.16. The number of aryl methyl sites for hydroxylation is 2. The Labute approximate surface area is 170 Å². The van der Waals surface area contributed by atoms with Crippen molar-refractivity contribution < 1.29 is 23.5 Å². The molecule has 154 valence electrons. The van der Waals surface area contributed by atoms with Crippen LogP contribution in [0.5, 0.6) is 0 Å². The molecule has 0 saturated carbocycles. The number of benzene rings is 1. The Balaban J connectivity index is 1.49. The number of ether oxygens (including phenoxy) is 1. The molecule has 1 fully saturated rings. The molecule has 1 N–H and O–H groups in total. The highest BCUT2D eigenvalue weighted by atomic mass is 16.5. The topological polar surface area (TPSA) is 88.9 Å². The number of anilines is 1. The van der Waals surface area contributed by atoms with Crippen LogP contribution in [-0.2, 0) is 14.3 Å². The Hall–Kier alpha value is -3.09. The molecule has 1 saturated heterocycles. The number of piperidine rings is 1. The second kappa shape index (κ2) is 8.94. The van der Waals surface area contributed by atoms with Gasteiger partial charge in [-0.2, -0.15) is 0 Å². The van der Waals surface area contributed by atoms with Gasteiger partial charge in [-0.25, -0.2) is 0 Å². The Morgan fingerprint density at radius 1 is 1.17 bits per heavy atom. The number of esters is 1. The van der Waals surface area contributed by atoms with Crippen molar-refractivity contribution in [3.05, 3.63) is 53.5 Å². The van der Waals surface area contributed by atoms with E-state index in [1.54, 1.807) is 24.0 Å². The van der Waals surface area contributed by atoms with Gasteiger partial charge >= 0.3 is 5.97 Å². The van der Waals surface area contributed by atoms with Crippen LogP contribution in [0.3, 0.4) is 0 Å². The van der Waals surface area contributed by atoms with Crippen molar-refractivity contribution in [1.29, 1.82) is 0 Å². The molecule has 0 aliphatic carbocycles. The molecule has 1 aromatic carbocycles. The summed E-state index contributed by atoms with van der Waals surface area (Å²) in [4.78, 5) is 38.8. The normalized spacial score (nSPS) is 15.6. The molecule has 0 radical (unpaired) electrons. The van der Waals surface area contributed by atoms with Crippen molar-refractivity contribution in [3.63, 3.8) is 0 Å². The average molecular weight is 398 g/mol. The van der Waals surface area contributed by atoms with Crippen LogP contribution < -0.4 is 5.32 Å². The van der Waals surface area contributed by atoms with Gasteiger partial charge in [-0.05, 0) is 62.9 Å². The Kier molecular flexibility index (Phi) is 6.36. The van der Waals surface area contributed by atoms with Crippen molar-refractivity contribution in [3.8, 4) is 0 Å². The van der Waals surface area contributed by atoms with E-state index in [0.717, 1.165) is 11.1 Å². The molecule has 7 nitrogen and oxygen atoms in total. The lowest BCUT2D eigenvalue weighted by atomic mass is 9.97. The van der Waals surface area contributed by atoms with E-state index in [4.69, 9.17) is 9.15 Å². The smallest absolute Gasteiger partial charge is 0.309 e. The van der Waals surface area contributed by atoms with Gasteiger partial charge in [0.15, 0.2) is 11.9 Å². The lowest BCUT2D eigenvalue weighted by Gasteiger charge is -2.30. The molecule has 0 bridgehead atoms. The van der Waals surface area contributed by atoms with Crippen LogP contribution in [0.2, 0.25) is 0 Å². The molecule has 0 spiro atoms. The lowest BCUT2D eigenvalue weighted by Crippen LogP contribution is -2.41. The van der Waals surface area contributed by atoms with E-state index in [9.17, 15) is 14.4 Å². The maximum Gasteiger partial charge on any atom is 0.309 e. The summed E-state index contributed by atoms with van der Waals surface area (Å²) >= 11 is 0. The summed E-state index contributed by atoms with van der Waals surface area (Å²) in [6.45, 7) is 6.31. The van der Waals surface area contributed by atoms with Crippen LogP contribution in [0, 0.1) is 19.8 Å². The third-order valence-corrected chi connectivity index (χ3v) is 5.16. The Bertz CT molecular complexity index is 883. The number of hydrogen-bond donors (Lipinski definition) is 1. The van der Waals surface area contributed by atoms with Gasteiger partial charge in [-0.15, -0.1) is 0 Å². The first kappa shape index (κ1) is 20.6. The van der Waals surface area contributed by atoms with Crippen LogP contribution in [0.15, 0.2) is 41.0 Å². The van der Waals surface area contributed by atoms with Crippen molar-refractivity contribution in [2.75, 3.05) is 18.4 Å². The van der Waals surface area contributed by atoms with Gasteiger partial charge in [0, 0.05) is 18.8 Å². The number of furan rings is 1. The number of nitrogens with zero attached hydrogens (tertiary/aromatic N) is 1. The van der Waals surface area contributed by atoms with Gasteiger partial charge in [-0.1, -0.05) is 12.1 Å². The summed E-state index contributed by atoms with van der Waals surface area (Å²) in [5.74, 6) is -0.978. The zero-order valence-corrected chi connectivity index (χ0v) is 16.9. The van der Waals surface area contributed by atoms with E-state index >= 15 is 0 Å². The second-order valence-electron chi connectivity index (χ2n) is 7.43. The number of hydrogen-bond acceptors (Lipinski definition) is 5. The predicted octanol–water partition coefficient (Wildman–Crippen LogP) is 3.32. The molecular formula is C22H26N2O5. The van der Waals surface area contributed by atoms with Crippen LogP contribution in [0.4, 0.5) is 5.69 Å². The van der Waals surface area contributed by atoms with Crippen molar-refractivity contribution in [1.82, 2.24) is 4.90 Å². The average Bonchev–Trinajstić information content (AvgIpc) is 3.25. The van der Waals surface area contributed by atoms with E-state index < -0.39 is 12.1 Å². The highest BCUT2D eigenvalue weighted by Crippen LogP contribution is 2.22. The van der Waals surface area contributed by atoms with Gasteiger partial charge < -0.3 is 19.4 Å². The minimum Gasteiger partial charge on any atom is -0.459 e. The molecule has 1 aliphatic heterocycles. The summed E-state index contributed by atoms with van der Waals surface area (Å²) in [5, 5.41) is 2.82. The fourth-order valence-corrected chi connectivity index (χ4v) is 3.30. The van der Waals surface area contributed by atoms with Crippen LogP contribution in [0.1, 0.15) is 41.4 Å². The van der Waals surface area contributed by atoms with Crippen molar-refractivity contribution in [2.45, 2.75) is 39.7 Å². The largest absolute Gasteiger partial charge is 0.459 e. The van der Waals surface area contributed by atoms with Gasteiger partial charge in [0.2, 0.25) is 0 Å². The second-order valence-corrected chi connectivity index (χ2v) is 7.43. The van der Waals surface area contributed by atoms with E-state index in [1.165, 1.54) is 6.26 Å². The molecule has 2 heterocycles. The van der Waals surface area contributed by atoms with Crippen LogP contribution >= 0.6 is 0 Å². The van der Waals surface area contributed by atoms with Gasteiger partial charge in [0.25, 0.3) is 11.8 Å². The predicted molar refractivity (Wildman–Crippen MR) is 107 cm³/mol. The zero-order valence-electron chi connectivity index (χ0n) is 16.9. The Morgan fingerprint density at radius 3 is 2.55 bits per heavy atom. The molecule has 1 aliphatic rings. The summed E-state index contributed by atoms with van der Waals surface area (Å²) < 4.78 is 10.5. The quantitative estimate of drug-likeness (QED) is 0.781. The molecule has 2 aromatic rings. The van der Waals surface area contributed by atoms with E-state index in [1.807, 2.05) is 32.0 Å². The lowest BCUT2D eigenvalue weighted by molar-refractivity contribution is -0.158. The number of likely N-dealkylation sites (tertiary alicyclic amines) is 1. The first-order chi connectivity index (χ1) is 13.8. The van der Waals surface area contributed by atoms with Crippen LogP contribution in [-0.4, -0.2) is 41.9 Å².